The Bertz CT molecular complexity index is 323. The molecule has 1 aliphatic heterocycles. The van der Waals surface area contributed by atoms with E-state index in [-0.39, 0.29) is 12.8 Å². The van der Waals surface area contributed by atoms with Crippen LogP contribution in [0, 0.1) is 0 Å². The van der Waals surface area contributed by atoms with Crippen molar-refractivity contribution in [3.63, 3.8) is 0 Å². The molecule has 1 heterocycles. The molecule has 18 heavy (non-hydrogen) atoms. The Balaban J connectivity index is 2.44. The quantitative estimate of drug-likeness (QED) is 0.634. The fourth-order valence-corrected chi connectivity index (χ4v) is 1.67. The number of hydrogen-bond donors (Lipinski definition) is 2. The van der Waals surface area contributed by atoms with Crippen molar-refractivity contribution in [3.05, 3.63) is 0 Å². The molecular weight excluding hydrogens is 242 g/mol. The summed E-state index contributed by atoms with van der Waals surface area (Å²) in [6.45, 7) is 0.512. The van der Waals surface area contributed by atoms with Crippen LogP contribution in [-0.2, 0) is 23.9 Å². The lowest BCUT2D eigenvalue weighted by Crippen LogP contribution is -2.45. The van der Waals surface area contributed by atoms with E-state index in [1.165, 1.54) is 7.11 Å². The van der Waals surface area contributed by atoms with E-state index in [2.05, 4.69) is 10.1 Å². The Morgan fingerprint density at radius 1 is 1.50 bits per heavy atom. The number of nitrogens with one attached hydrogen (secondary N) is 1. The van der Waals surface area contributed by atoms with Crippen LogP contribution in [0.2, 0.25) is 0 Å². The van der Waals surface area contributed by atoms with Crippen LogP contribution in [0.1, 0.15) is 25.7 Å². The predicted molar refractivity (Wildman–Crippen MR) is 59.8 cm³/mol. The molecule has 0 unspecified atom stereocenters. The van der Waals surface area contributed by atoms with Gasteiger partial charge in [0.1, 0.15) is 12.1 Å². The van der Waals surface area contributed by atoms with Gasteiger partial charge in [0.05, 0.1) is 7.11 Å². The SMILES string of the molecule is COC(=O)CC[C@H](NC(=O)[C@H]1CCCO1)C(=O)O. The van der Waals surface area contributed by atoms with Gasteiger partial charge in [0.25, 0.3) is 0 Å². The molecule has 1 aliphatic rings. The molecule has 102 valence electrons. The van der Waals surface area contributed by atoms with Gasteiger partial charge in [-0.25, -0.2) is 4.79 Å². The van der Waals surface area contributed by atoms with E-state index < -0.39 is 30.0 Å². The maximum atomic E-state index is 11.7. The van der Waals surface area contributed by atoms with Crippen molar-refractivity contribution < 1.29 is 29.0 Å². The van der Waals surface area contributed by atoms with Crippen LogP contribution in [0.25, 0.3) is 0 Å². The number of carboxylic acid groups (broad SMARTS) is 1. The van der Waals surface area contributed by atoms with Crippen molar-refractivity contribution in [2.75, 3.05) is 13.7 Å². The first-order valence-corrected chi connectivity index (χ1v) is 5.76. The fraction of sp³-hybridized carbons (Fsp3) is 0.727. The van der Waals surface area contributed by atoms with E-state index >= 15 is 0 Å². The Morgan fingerprint density at radius 3 is 2.72 bits per heavy atom. The molecule has 0 aromatic rings. The van der Waals surface area contributed by atoms with Crippen LogP contribution in [0.4, 0.5) is 0 Å². The van der Waals surface area contributed by atoms with Gasteiger partial charge in [0.2, 0.25) is 5.91 Å². The summed E-state index contributed by atoms with van der Waals surface area (Å²) in [5, 5.41) is 11.3. The number of esters is 1. The molecule has 7 nitrogen and oxygen atoms in total. The number of carboxylic acids is 1. The fourth-order valence-electron chi connectivity index (χ4n) is 1.67. The highest BCUT2D eigenvalue weighted by Crippen LogP contribution is 2.12. The maximum Gasteiger partial charge on any atom is 0.326 e. The zero-order chi connectivity index (χ0) is 13.5. The molecule has 0 bridgehead atoms. The summed E-state index contributed by atoms with van der Waals surface area (Å²) in [6.07, 6.45) is 0.748. The normalized spacial score (nSPS) is 20.2. The predicted octanol–water partition coefficient (Wildman–Crippen LogP) is -0.312. The van der Waals surface area contributed by atoms with Crippen molar-refractivity contribution in [2.24, 2.45) is 0 Å². The number of methoxy groups -OCH3 is 1. The van der Waals surface area contributed by atoms with Gasteiger partial charge in [-0.2, -0.15) is 0 Å². The van der Waals surface area contributed by atoms with Crippen LogP contribution < -0.4 is 5.32 Å². The van der Waals surface area contributed by atoms with E-state index in [4.69, 9.17) is 9.84 Å². The second-order valence-corrected chi connectivity index (χ2v) is 4.02. The number of carbonyl (C=O) groups is 3. The third-order valence-corrected chi connectivity index (χ3v) is 2.70. The molecule has 0 aromatic carbocycles. The van der Waals surface area contributed by atoms with E-state index in [1.807, 2.05) is 0 Å². The standard InChI is InChI=1S/C11H17NO6/c1-17-9(13)5-4-7(11(15)16)12-10(14)8-3-2-6-18-8/h7-8H,2-6H2,1H3,(H,12,14)(H,15,16)/t7-,8+/m0/s1. The van der Waals surface area contributed by atoms with Crippen molar-refractivity contribution in [3.8, 4) is 0 Å². The van der Waals surface area contributed by atoms with Crippen LogP contribution in [-0.4, -0.2) is 48.8 Å². The molecule has 0 aromatic heterocycles. The molecule has 7 heteroatoms. The lowest BCUT2D eigenvalue weighted by Gasteiger charge is -2.16. The molecule has 1 rings (SSSR count). The molecule has 0 spiro atoms. The monoisotopic (exact) mass is 259 g/mol. The van der Waals surface area contributed by atoms with Crippen LogP contribution in [0.3, 0.4) is 0 Å². The van der Waals surface area contributed by atoms with E-state index in [1.54, 1.807) is 0 Å². The maximum absolute atomic E-state index is 11.7. The van der Waals surface area contributed by atoms with Crippen LogP contribution >= 0.6 is 0 Å². The second kappa shape index (κ2) is 6.95. The van der Waals surface area contributed by atoms with Crippen LogP contribution in [0.5, 0.6) is 0 Å². The third-order valence-electron chi connectivity index (χ3n) is 2.70. The minimum Gasteiger partial charge on any atom is -0.480 e. The molecule has 0 aliphatic carbocycles. The van der Waals surface area contributed by atoms with Crippen molar-refractivity contribution >= 4 is 17.8 Å². The Labute approximate surface area is 104 Å². The highest BCUT2D eigenvalue weighted by Gasteiger charge is 2.28. The number of rotatable bonds is 6. The summed E-state index contributed by atoms with van der Waals surface area (Å²) in [7, 11) is 1.23. The Kier molecular flexibility index (Phi) is 5.57. The van der Waals surface area contributed by atoms with Crippen molar-refractivity contribution in [2.45, 2.75) is 37.8 Å². The molecule has 0 saturated carbocycles. The smallest absolute Gasteiger partial charge is 0.326 e. The summed E-state index contributed by atoms with van der Waals surface area (Å²) in [4.78, 5) is 33.5. The molecule has 0 radical (unpaired) electrons. The van der Waals surface area contributed by atoms with E-state index in [0.29, 0.717) is 13.0 Å². The third kappa shape index (κ3) is 4.33. The highest BCUT2D eigenvalue weighted by atomic mass is 16.5. The van der Waals surface area contributed by atoms with Crippen molar-refractivity contribution in [1.29, 1.82) is 0 Å². The first kappa shape index (κ1) is 14.4. The zero-order valence-corrected chi connectivity index (χ0v) is 10.2. The summed E-state index contributed by atoms with van der Waals surface area (Å²) < 4.78 is 9.56. The zero-order valence-electron chi connectivity index (χ0n) is 10.2. The van der Waals surface area contributed by atoms with E-state index in [0.717, 1.165) is 6.42 Å². The largest absolute Gasteiger partial charge is 0.480 e. The first-order chi connectivity index (χ1) is 8.54. The number of aliphatic carboxylic acids is 1. The Morgan fingerprint density at radius 2 is 2.22 bits per heavy atom. The van der Waals surface area contributed by atoms with Gasteiger partial charge in [-0.05, 0) is 19.3 Å². The molecule has 2 atom stereocenters. The second-order valence-electron chi connectivity index (χ2n) is 4.02. The highest BCUT2D eigenvalue weighted by molar-refractivity contribution is 5.86. The summed E-state index contributed by atoms with van der Waals surface area (Å²) in [5.41, 5.74) is 0. The van der Waals surface area contributed by atoms with Gasteiger partial charge in [0, 0.05) is 13.0 Å². The van der Waals surface area contributed by atoms with Gasteiger partial charge in [0.15, 0.2) is 0 Å². The minimum atomic E-state index is -1.18. The summed E-state index contributed by atoms with van der Waals surface area (Å²) in [5.74, 6) is -2.12. The Hall–Kier alpha value is -1.63. The van der Waals surface area contributed by atoms with Crippen LogP contribution in [0.15, 0.2) is 0 Å². The van der Waals surface area contributed by atoms with Gasteiger partial charge in [-0.3, -0.25) is 9.59 Å². The molecule has 1 saturated heterocycles. The van der Waals surface area contributed by atoms with Gasteiger partial charge in [-0.15, -0.1) is 0 Å². The van der Waals surface area contributed by atoms with Gasteiger partial charge >= 0.3 is 11.9 Å². The van der Waals surface area contributed by atoms with Gasteiger partial charge < -0.3 is 19.9 Å². The molecule has 1 amide bonds. The average Bonchev–Trinajstić information content (AvgIpc) is 2.87. The lowest BCUT2D eigenvalue weighted by molar-refractivity contribution is -0.145. The molecular formula is C11H17NO6. The molecule has 1 fully saturated rings. The van der Waals surface area contributed by atoms with Gasteiger partial charge in [-0.1, -0.05) is 0 Å². The topological polar surface area (TPSA) is 102 Å². The number of amides is 1. The van der Waals surface area contributed by atoms with E-state index in [9.17, 15) is 14.4 Å². The number of carbonyl (C=O) groups excluding carboxylic acids is 2. The van der Waals surface area contributed by atoms with Crippen molar-refractivity contribution in [1.82, 2.24) is 5.32 Å². The summed E-state index contributed by atoms with van der Waals surface area (Å²) in [6, 6.07) is -1.10. The lowest BCUT2D eigenvalue weighted by atomic mass is 10.1. The minimum absolute atomic E-state index is 0.000463. The first-order valence-electron chi connectivity index (χ1n) is 5.76. The average molecular weight is 259 g/mol. The number of hydrogen-bond acceptors (Lipinski definition) is 5. The number of ether oxygens (including phenoxy) is 2. The molecule has 2 N–H and O–H groups in total. The summed E-state index contributed by atoms with van der Waals surface area (Å²) >= 11 is 0.